The Morgan fingerprint density at radius 2 is 2.03 bits per heavy atom. The summed E-state index contributed by atoms with van der Waals surface area (Å²) in [6.45, 7) is 1.35. The number of aromatic nitrogens is 2. The number of hydrogen-bond acceptors (Lipinski definition) is 5. The average Bonchev–Trinajstić information content (AvgIpc) is 3.18. The number of ether oxygens (including phenoxy) is 1. The molecule has 1 saturated carbocycles. The molecule has 1 aromatic heterocycles. The molecule has 2 aromatic carbocycles. The molecule has 0 bridgehead atoms. The Bertz CT molecular complexity index is 1070. The first-order chi connectivity index (χ1) is 15.0. The van der Waals surface area contributed by atoms with Crippen LogP contribution < -0.4 is 10.1 Å². The highest BCUT2D eigenvalue weighted by atomic mass is 16.5. The summed E-state index contributed by atoms with van der Waals surface area (Å²) < 4.78 is 6.17. The van der Waals surface area contributed by atoms with Crippen LogP contribution in [0.4, 0.5) is 0 Å². The zero-order valence-electron chi connectivity index (χ0n) is 17.8. The van der Waals surface area contributed by atoms with Gasteiger partial charge in [0.15, 0.2) is 0 Å². The first-order valence-corrected chi connectivity index (χ1v) is 10.5. The largest absolute Gasteiger partial charge is 0.508 e. The van der Waals surface area contributed by atoms with Gasteiger partial charge in [-0.15, -0.1) is 0 Å². The molecule has 0 saturated heterocycles. The Kier molecular flexibility index (Phi) is 6.23. The van der Waals surface area contributed by atoms with Crippen molar-refractivity contribution in [2.75, 3.05) is 27.2 Å². The van der Waals surface area contributed by atoms with Crippen molar-refractivity contribution in [1.82, 2.24) is 20.4 Å². The van der Waals surface area contributed by atoms with Crippen molar-refractivity contribution in [3.63, 3.8) is 0 Å². The zero-order chi connectivity index (χ0) is 21.8. The normalized spacial score (nSPS) is 18.4. The molecule has 3 N–H and O–H groups in total. The number of H-pyrrole nitrogens is 1. The molecular weight excluding hydrogens is 392 g/mol. The highest BCUT2D eigenvalue weighted by Gasteiger charge is 2.30. The van der Waals surface area contributed by atoms with Gasteiger partial charge in [0.2, 0.25) is 5.91 Å². The molecule has 7 nitrogen and oxygen atoms in total. The molecule has 31 heavy (non-hydrogen) atoms. The summed E-state index contributed by atoms with van der Waals surface area (Å²) in [5.41, 5.74) is 2.90. The number of benzene rings is 2. The van der Waals surface area contributed by atoms with Crippen LogP contribution in [0.25, 0.3) is 22.0 Å². The lowest BCUT2D eigenvalue weighted by molar-refractivity contribution is -0.118. The molecule has 0 aliphatic heterocycles. The van der Waals surface area contributed by atoms with Crippen LogP contribution in [0.3, 0.4) is 0 Å². The predicted octanol–water partition coefficient (Wildman–Crippen LogP) is 3.33. The summed E-state index contributed by atoms with van der Waals surface area (Å²) in [5.74, 6) is 1.40. The molecule has 1 aliphatic rings. The molecule has 1 heterocycles. The number of phenolic OH excluding ortho intramolecular Hbond substituents is 1. The first kappa shape index (κ1) is 20.9. The highest BCUT2D eigenvalue weighted by Crippen LogP contribution is 2.34. The molecule has 7 heteroatoms. The summed E-state index contributed by atoms with van der Waals surface area (Å²) in [6, 6.07) is 11.4. The number of nitrogens with zero attached hydrogens (tertiary/aromatic N) is 2. The van der Waals surface area contributed by atoms with Crippen molar-refractivity contribution in [3.8, 4) is 22.6 Å². The number of likely N-dealkylation sites (N-methyl/N-ethyl adjacent to an activating group) is 1. The van der Waals surface area contributed by atoms with Gasteiger partial charge in [-0.3, -0.25) is 9.89 Å². The van der Waals surface area contributed by atoms with Crippen LogP contribution in [0.1, 0.15) is 12.8 Å². The fourth-order valence-electron chi connectivity index (χ4n) is 3.78. The number of aromatic hydroxyl groups is 1. The van der Waals surface area contributed by atoms with Gasteiger partial charge in [-0.05, 0) is 68.2 Å². The minimum absolute atomic E-state index is 0.0343. The second kappa shape index (κ2) is 9.22. The van der Waals surface area contributed by atoms with Gasteiger partial charge in [-0.1, -0.05) is 18.2 Å². The van der Waals surface area contributed by atoms with Gasteiger partial charge in [0.05, 0.1) is 23.7 Å². The predicted molar refractivity (Wildman–Crippen MR) is 121 cm³/mol. The zero-order valence-corrected chi connectivity index (χ0v) is 17.8. The number of fused-ring (bicyclic) bond motifs is 1. The molecule has 162 valence electrons. The summed E-state index contributed by atoms with van der Waals surface area (Å²) in [4.78, 5) is 14.0. The van der Waals surface area contributed by atoms with Gasteiger partial charge in [0, 0.05) is 18.7 Å². The van der Waals surface area contributed by atoms with E-state index in [1.807, 2.05) is 49.3 Å². The lowest BCUT2D eigenvalue weighted by atomic mass is 9.81. The van der Waals surface area contributed by atoms with Crippen molar-refractivity contribution in [1.29, 1.82) is 0 Å². The number of carbonyl (C=O) groups excluding carboxylic acids is 1. The van der Waals surface area contributed by atoms with Crippen LogP contribution in [0, 0.1) is 5.92 Å². The third kappa shape index (κ3) is 5.24. The number of rotatable bonds is 8. The summed E-state index contributed by atoms with van der Waals surface area (Å²) in [6.07, 6.45) is 7.08. The molecule has 1 aliphatic carbocycles. The topological polar surface area (TPSA) is 90.5 Å². The Morgan fingerprint density at radius 1 is 1.26 bits per heavy atom. The van der Waals surface area contributed by atoms with E-state index in [4.69, 9.17) is 4.74 Å². The number of hydrogen-bond donors (Lipinski definition) is 3. The van der Waals surface area contributed by atoms with E-state index in [1.54, 1.807) is 24.4 Å². The maximum atomic E-state index is 12.0. The number of phenols is 1. The Balaban J connectivity index is 1.34. The summed E-state index contributed by atoms with van der Waals surface area (Å²) in [5, 5.41) is 20.7. The molecule has 0 unspecified atom stereocenters. The van der Waals surface area contributed by atoms with E-state index >= 15 is 0 Å². The maximum absolute atomic E-state index is 12.0. The molecule has 3 aromatic rings. The van der Waals surface area contributed by atoms with Gasteiger partial charge in [0.25, 0.3) is 0 Å². The molecule has 0 radical (unpaired) electrons. The van der Waals surface area contributed by atoms with Gasteiger partial charge >= 0.3 is 0 Å². The minimum Gasteiger partial charge on any atom is -0.508 e. The third-order valence-corrected chi connectivity index (χ3v) is 5.52. The van der Waals surface area contributed by atoms with Crippen molar-refractivity contribution >= 4 is 16.8 Å². The van der Waals surface area contributed by atoms with Gasteiger partial charge in [0.1, 0.15) is 11.5 Å². The van der Waals surface area contributed by atoms with E-state index < -0.39 is 0 Å². The van der Waals surface area contributed by atoms with E-state index in [2.05, 4.69) is 15.5 Å². The van der Waals surface area contributed by atoms with Crippen molar-refractivity contribution in [2.24, 2.45) is 5.92 Å². The maximum Gasteiger partial charge on any atom is 0.243 e. The third-order valence-electron chi connectivity index (χ3n) is 5.52. The van der Waals surface area contributed by atoms with E-state index in [1.165, 1.54) is 0 Å². The van der Waals surface area contributed by atoms with Gasteiger partial charge < -0.3 is 20.1 Å². The Hall–Kier alpha value is -3.32. The summed E-state index contributed by atoms with van der Waals surface area (Å²) in [7, 11) is 3.94. The molecule has 0 spiro atoms. The van der Waals surface area contributed by atoms with Crippen molar-refractivity contribution in [2.45, 2.75) is 18.9 Å². The van der Waals surface area contributed by atoms with Gasteiger partial charge in [-0.25, -0.2) is 0 Å². The average molecular weight is 421 g/mol. The van der Waals surface area contributed by atoms with E-state index in [0.717, 1.165) is 47.2 Å². The van der Waals surface area contributed by atoms with Crippen LogP contribution in [0.15, 0.2) is 54.7 Å². The minimum atomic E-state index is -0.0343. The van der Waals surface area contributed by atoms with Crippen LogP contribution >= 0.6 is 0 Å². The molecule has 0 atom stereocenters. The van der Waals surface area contributed by atoms with Crippen LogP contribution in [0.5, 0.6) is 11.5 Å². The fraction of sp³-hybridized carbons (Fsp3) is 0.333. The SMILES string of the molecule is CN(C)C/C=C/C(=O)N[C@H]1C[C@@H](COc2cc(-c3ccc(O)cc3)cc3[nH]ncc23)C1. The summed E-state index contributed by atoms with van der Waals surface area (Å²) >= 11 is 0. The number of carbonyl (C=O) groups is 1. The second-order valence-electron chi connectivity index (χ2n) is 8.37. The number of amides is 1. The van der Waals surface area contributed by atoms with Crippen LogP contribution in [-0.4, -0.2) is 59.4 Å². The molecule has 4 rings (SSSR count). The lowest BCUT2D eigenvalue weighted by Crippen LogP contribution is -2.45. The standard InChI is InChI=1S/C24H28N4O3/c1-28(2)9-3-4-24(30)26-19-10-16(11-19)15-31-23-13-18(12-22-21(23)14-25-27-22)17-5-7-20(29)8-6-17/h3-8,12-14,16,19,29H,9-11,15H2,1-2H3,(H,25,27)(H,26,30)/b4-3+/t16-,19+. The monoisotopic (exact) mass is 420 g/mol. The Morgan fingerprint density at radius 3 is 2.77 bits per heavy atom. The second-order valence-corrected chi connectivity index (χ2v) is 8.37. The highest BCUT2D eigenvalue weighted by molar-refractivity contribution is 5.90. The number of nitrogens with one attached hydrogen (secondary N) is 2. The molecule has 1 amide bonds. The molecule has 1 fully saturated rings. The van der Waals surface area contributed by atoms with E-state index in [-0.39, 0.29) is 17.7 Å². The number of aromatic amines is 1. The fourth-order valence-corrected chi connectivity index (χ4v) is 3.78. The van der Waals surface area contributed by atoms with Crippen molar-refractivity contribution < 1.29 is 14.6 Å². The van der Waals surface area contributed by atoms with Crippen molar-refractivity contribution in [3.05, 3.63) is 54.7 Å². The first-order valence-electron chi connectivity index (χ1n) is 10.5. The Labute approximate surface area is 181 Å². The van der Waals surface area contributed by atoms with Crippen LogP contribution in [-0.2, 0) is 4.79 Å². The molecular formula is C24H28N4O3. The quantitative estimate of drug-likeness (QED) is 0.487. The van der Waals surface area contributed by atoms with E-state index in [9.17, 15) is 9.90 Å². The van der Waals surface area contributed by atoms with E-state index in [0.29, 0.717) is 12.5 Å². The van der Waals surface area contributed by atoms with Gasteiger partial charge in [-0.2, -0.15) is 5.10 Å². The lowest BCUT2D eigenvalue weighted by Gasteiger charge is -2.35. The van der Waals surface area contributed by atoms with Crippen LogP contribution in [0.2, 0.25) is 0 Å². The smallest absolute Gasteiger partial charge is 0.243 e.